The predicted molar refractivity (Wildman–Crippen MR) is 135 cm³/mol. The van der Waals surface area contributed by atoms with Crippen LogP contribution in [0, 0.1) is 6.92 Å². The normalized spacial score (nSPS) is 11.5. The first kappa shape index (κ1) is 27.6. The zero-order valence-electron chi connectivity index (χ0n) is 21.3. The minimum atomic E-state index is -0.487. The van der Waals surface area contributed by atoms with Gasteiger partial charge in [-0.05, 0) is 53.5 Å². The van der Waals surface area contributed by atoms with E-state index in [4.69, 9.17) is 15.2 Å². The van der Waals surface area contributed by atoms with Crippen LogP contribution in [0.4, 0.5) is 16.6 Å². The van der Waals surface area contributed by atoms with Gasteiger partial charge in [-0.1, -0.05) is 12.8 Å². The quantitative estimate of drug-likeness (QED) is 0.232. The third-order valence-corrected chi connectivity index (χ3v) is 4.76. The average molecular weight is 488 g/mol. The Balaban J connectivity index is 1.81. The molecule has 0 aromatic carbocycles. The molecule has 0 fully saturated rings. The fraction of sp³-hybridized carbons (Fsp3) is 0.542. The van der Waals surface area contributed by atoms with Crippen molar-refractivity contribution in [1.29, 1.82) is 0 Å². The molecule has 0 radical (unpaired) electrons. The number of anilines is 2. The number of nitrogen functional groups attached to an aromatic ring is 1. The number of unbranched alkanes of at least 4 members (excludes halogenated alkanes) is 3. The van der Waals surface area contributed by atoms with E-state index in [1.54, 1.807) is 29.9 Å². The molecule has 0 aliphatic carbocycles. The van der Waals surface area contributed by atoms with Crippen molar-refractivity contribution in [2.75, 3.05) is 30.7 Å². The Morgan fingerprint density at radius 3 is 2.54 bits per heavy atom. The average Bonchev–Trinajstić information content (AvgIpc) is 3.13. The largest absolute Gasteiger partial charge is 0.463 e. The van der Waals surface area contributed by atoms with E-state index in [9.17, 15) is 9.59 Å². The number of esters is 1. The van der Waals surface area contributed by atoms with E-state index < -0.39 is 11.6 Å². The summed E-state index contributed by atoms with van der Waals surface area (Å²) in [5.74, 6) is 0.868. The number of hydrogen-bond donors (Lipinski definition) is 3. The topological polar surface area (TPSA) is 146 Å². The first-order valence-corrected chi connectivity index (χ1v) is 11.8. The fourth-order valence-electron chi connectivity index (χ4n) is 3.14. The van der Waals surface area contributed by atoms with Crippen LogP contribution >= 0.6 is 0 Å². The molecule has 2 rings (SSSR count). The summed E-state index contributed by atoms with van der Waals surface area (Å²) < 4.78 is 11.8. The third-order valence-electron chi connectivity index (χ3n) is 4.76. The summed E-state index contributed by atoms with van der Waals surface area (Å²) in [5, 5.41) is 10.4. The lowest BCUT2D eigenvalue weighted by Crippen LogP contribution is -2.32. The number of alkyl carbamates (subject to hydrolysis) is 1. The number of aromatic nitrogens is 4. The number of nitrogens with two attached hydrogens (primary N) is 1. The maximum Gasteiger partial charge on any atom is 0.407 e. The van der Waals surface area contributed by atoms with E-state index >= 15 is 0 Å². The van der Waals surface area contributed by atoms with Crippen LogP contribution in [-0.2, 0) is 14.3 Å². The van der Waals surface area contributed by atoms with Gasteiger partial charge < -0.3 is 25.8 Å². The van der Waals surface area contributed by atoms with E-state index in [0.717, 1.165) is 43.5 Å². The maximum absolute atomic E-state index is 11.6. The van der Waals surface area contributed by atoms with Gasteiger partial charge in [0.25, 0.3) is 0 Å². The van der Waals surface area contributed by atoms with Crippen molar-refractivity contribution >= 4 is 29.9 Å². The molecule has 0 saturated heterocycles. The molecular weight excluding hydrogens is 450 g/mol. The number of ether oxygens (including phenoxy) is 2. The smallest absolute Gasteiger partial charge is 0.407 e. The molecule has 2 aromatic heterocycles. The molecule has 0 unspecified atom stereocenters. The molecule has 2 heterocycles. The third kappa shape index (κ3) is 10.0. The summed E-state index contributed by atoms with van der Waals surface area (Å²) in [6.07, 6.45) is 8.11. The lowest BCUT2D eigenvalue weighted by molar-refractivity contribution is -0.137. The highest BCUT2D eigenvalue weighted by Gasteiger charge is 2.15. The Kier molecular flexibility index (Phi) is 10.5. The molecule has 11 heteroatoms. The van der Waals surface area contributed by atoms with Crippen LogP contribution in [0.15, 0.2) is 18.3 Å². The summed E-state index contributed by atoms with van der Waals surface area (Å²) in [5.41, 5.74) is 6.99. The van der Waals surface area contributed by atoms with Crippen LogP contribution in [0.3, 0.4) is 0 Å². The standard InChI is InChI=1S/C24H37N7O4/c1-6-34-21(32)12-11-18-16-28-31(17(18)2)20-15-19(29-22(25)30-20)26-13-9-7-8-10-14-27-23(33)35-24(3,4)5/h11-12,15-16H,6-10,13-14H2,1-5H3,(H,27,33)(H3,25,26,29,30)/b12-11+. The number of nitrogens with zero attached hydrogens (tertiary/aromatic N) is 4. The number of carbonyl (C=O) groups is 2. The zero-order valence-corrected chi connectivity index (χ0v) is 21.3. The Morgan fingerprint density at radius 1 is 1.14 bits per heavy atom. The number of amides is 1. The van der Waals surface area contributed by atoms with Gasteiger partial charge in [0.1, 0.15) is 11.4 Å². The van der Waals surface area contributed by atoms with Gasteiger partial charge in [0.05, 0.1) is 18.5 Å². The Morgan fingerprint density at radius 2 is 1.86 bits per heavy atom. The summed E-state index contributed by atoms with van der Waals surface area (Å²) in [7, 11) is 0. The van der Waals surface area contributed by atoms with Crippen molar-refractivity contribution in [3.05, 3.63) is 29.6 Å². The molecular formula is C24H37N7O4. The molecule has 2 aromatic rings. The van der Waals surface area contributed by atoms with Gasteiger partial charge in [0, 0.05) is 30.8 Å². The van der Waals surface area contributed by atoms with E-state index in [-0.39, 0.29) is 12.0 Å². The highest BCUT2D eigenvalue weighted by Crippen LogP contribution is 2.17. The van der Waals surface area contributed by atoms with E-state index in [0.29, 0.717) is 24.8 Å². The first-order valence-electron chi connectivity index (χ1n) is 11.8. The maximum atomic E-state index is 11.6. The van der Waals surface area contributed by atoms with Crippen LogP contribution in [0.5, 0.6) is 0 Å². The summed E-state index contributed by atoms with van der Waals surface area (Å²) in [4.78, 5) is 31.7. The molecule has 0 bridgehead atoms. The van der Waals surface area contributed by atoms with Crippen molar-refractivity contribution in [3.8, 4) is 5.82 Å². The van der Waals surface area contributed by atoms with E-state index in [1.807, 2.05) is 27.7 Å². The number of nitrogens with one attached hydrogen (secondary N) is 2. The van der Waals surface area contributed by atoms with Gasteiger partial charge in [0.15, 0.2) is 5.82 Å². The second-order valence-electron chi connectivity index (χ2n) is 8.92. The van der Waals surface area contributed by atoms with Crippen LogP contribution in [0.25, 0.3) is 11.9 Å². The number of carbonyl (C=O) groups excluding carboxylic acids is 2. The molecule has 35 heavy (non-hydrogen) atoms. The van der Waals surface area contributed by atoms with Crippen molar-refractivity contribution in [2.24, 2.45) is 0 Å². The van der Waals surface area contributed by atoms with Gasteiger partial charge >= 0.3 is 12.1 Å². The monoisotopic (exact) mass is 487 g/mol. The highest BCUT2D eigenvalue weighted by molar-refractivity contribution is 5.87. The Hall–Kier alpha value is -3.63. The van der Waals surface area contributed by atoms with Gasteiger partial charge in [-0.15, -0.1) is 0 Å². The van der Waals surface area contributed by atoms with Gasteiger partial charge in [-0.3, -0.25) is 0 Å². The van der Waals surface area contributed by atoms with Crippen LogP contribution < -0.4 is 16.4 Å². The van der Waals surface area contributed by atoms with Crippen LogP contribution in [-0.4, -0.2) is 57.1 Å². The molecule has 11 nitrogen and oxygen atoms in total. The minimum Gasteiger partial charge on any atom is -0.463 e. The predicted octanol–water partition coefficient (Wildman–Crippen LogP) is 3.63. The van der Waals surface area contributed by atoms with Crippen LogP contribution in [0.1, 0.15) is 64.6 Å². The Bertz CT molecular complexity index is 1010. The van der Waals surface area contributed by atoms with Gasteiger partial charge in [-0.25, -0.2) is 14.3 Å². The molecule has 0 spiro atoms. The van der Waals surface area contributed by atoms with Crippen molar-refractivity contribution in [2.45, 2.75) is 65.9 Å². The molecule has 192 valence electrons. The molecule has 4 N–H and O–H groups in total. The van der Waals surface area contributed by atoms with Gasteiger partial charge in [-0.2, -0.15) is 15.1 Å². The second kappa shape index (κ2) is 13.3. The summed E-state index contributed by atoms with van der Waals surface area (Å²) >= 11 is 0. The molecule has 1 amide bonds. The molecule has 0 atom stereocenters. The number of hydrogen-bond acceptors (Lipinski definition) is 9. The minimum absolute atomic E-state index is 0.136. The Labute approximate surface area is 206 Å². The van der Waals surface area contributed by atoms with Crippen LogP contribution in [0.2, 0.25) is 0 Å². The lowest BCUT2D eigenvalue weighted by Gasteiger charge is -2.19. The van der Waals surface area contributed by atoms with Crippen molar-refractivity contribution < 1.29 is 19.1 Å². The summed E-state index contributed by atoms with van der Waals surface area (Å²) in [6.45, 7) is 10.8. The second-order valence-corrected chi connectivity index (χ2v) is 8.92. The molecule has 0 aliphatic heterocycles. The number of rotatable bonds is 12. The lowest BCUT2D eigenvalue weighted by atomic mass is 10.2. The van der Waals surface area contributed by atoms with E-state index in [2.05, 4.69) is 25.7 Å². The van der Waals surface area contributed by atoms with E-state index in [1.165, 1.54) is 6.08 Å². The fourth-order valence-corrected chi connectivity index (χ4v) is 3.14. The van der Waals surface area contributed by atoms with Crippen molar-refractivity contribution in [3.63, 3.8) is 0 Å². The SMILES string of the molecule is CCOC(=O)/C=C/c1cnn(-c2cc(NCCCCCCNC(=O)OC(C)(C)C)nc(N)n2)c1C. The van der Waals surface area contributed by atoms with Crippen molar-refractivity contribution in [1.82, 2.24) is 25.1 Å². The zero-order chi connectivity index (χ0) is 25.8. The summed E-state index contributed by atoms with van der Waals surface area (Å²) in [6, 6.07) is 1.78. The highest BCUT2D eigenvalue weighted by atomic mass is 16.6. The van der Waals surface area contributed by atoms with Gasteiger partial charge in [0.2, 0.25) is 5.95 Å². The first-order chi connectivity index (χ1) is 16.6. The molecule has 0 saturated carbocycles. The molecule has 0 aliphatic rings.